The summed E-state index contributed by atoms with van der Waals surface area (Å²) in [5.74, 6) is -3.35. The molecule has 0 saturated carbocycles. The van der Waals surface area contributed by atoms with E-state index in [1.807, 2.05) is 0 Å². The molecule has 2 rings (SSSR count). The number of nitrogen functional groups attached to an aromatic ring is 1. The molecular formula is C14H10F3NO2. The lowest BCUT2D eigenvalue weighted by molar-refractivity contribution is 0.0473. The van der Waals surface area contributed by atoms with Crippen molar-refractivity contribution in [3.05, 3.63) is 65.0 Å². The first kappa shape index (κ1) is 13.9. The third-order valence-corrected chi connectivity index (χ3v) is 2.59. The van der Waals surface area contributed by atoms with Crippen molar-refractivity contribution >= 4 is 11.7 Å². The second kappa shape index (κ2) is 5.64. The summed E-state index contributed by atoms with van der Waals surface area (Å²) in [7, 11) is 0. The zero-order valence-corrected chi connectivity index (χ0v) is 10.2. The number of carbonyl (C=O) groups excluding carboxylic acids is 1. The average Bonchev–Trinajstić information content (AvgIpc) is 2.40. The van der Waals surface area contributed by atoms with E-state index < -0.39 is 23.4 Å². The summed E-state index contributed by atoms with van der Waals surface area (Å²) in [6.45, 7) is -0.243. The van der Waals surface area contributed by atoms with Gasteiger partial charge in [-0.2, -0.15) is 0 Å². The normalized spacial score (nSPS) is 10.3. The van der Waals surface area contributed by atoms with E-state index in [0.29, 0.717) is 0 Å². The van der Waals surface area contributed by atoms with Gasteiger partial charge in [0.05, 0.1) is 5.56 Å². The quantitative estimate of drug-likeness (QED) is 0.695. The molecule has 0 saturated heterocycles. The first-order chi connectivity index (χ1) is 9.47. The van der Waals surface area contributed by atoms with Crippen LogP contribution in [0.4, 0.5) is 18.9 Å². The maximum atomic E-state index is 13.0. The van der Waals surface area contributed by atoms with Gasteiger partial charge in [-0.3, -0.25) is 0 Å². The Morgan fingerprint density at radius 3 is 2.45 bits per heavy atom. The van der Waals surface area contributed by atoms with E-state index >= 15 is 0 Å². The van der Waals surface area contributed by atoms with Crippen molar-refractivity contribution in [1.29, 1.82) is 0 Å². The molecule has 0 radical (unpaired) electrons. The molecular weight excluding hydrogens is 271 g/mol. The number of ether oxygens (including phenoxy) is 1. The molecule has 0 aromatic heterocycles. The van der Waals surface area contributed by atoms with Crippen LogP contribution in [0.3, 0.4) is 0 Å². The number of hydrogen-bond donors (Lipinski definition) is 1. The lowest BCUT2D eigenvalue weighted by Gasteiger charge is -2.07. The highest BCUT2D eigenvalue weighted by Gasteiger charge is 2.12. The number of anilines is 1. The smallest absolute Gasteiger partial charge is 0.340 e. The predicted octanol–water partition coefficient (Wildman–Crippen LogP) is 3.04. The van der Waals surface area contributed by atoms with E-state index in [2.05, 4.69) is 0 Å². The third-order valence-electron chi connectivity index (χ3n) is 2.59. The van der Waals surface area contributed by atoms with Gasteiger partial charge in [-0.05, 0) is 35.9 Å². The molecule has 0 aliphatic carbocycles. The molecule has 104 valence electrons. The topological polar surface area (TPSA) is 52.3 Å². The van der Waals surface area contributed by atoms with E-state index in [1.165, 1.54) is 12.1 Å². The number of nitrogens with two attached hydrogens (primary N) is 1. The van der Waals surface area contributed by atoms with Gasteiger partial charge in [0.1, 0.15) is 12.4 Å². The van der Waals surface area contributed by atoms with Crippen LogP contribution in [0, 0.1) is 17.5 Å². The van der Waals surface area contributed by atoms with Crippen LogP contribution in [-0.2, 0) is 11.3 Å². The summed E-state index contributed by atoms with van der Waals surface area (Å²) in [5, 5.41) is 0. The second-order valence-corrected chi connectivity index (χ2v) is 4.06. The average molecular weight is 281 g/mol. The number of hydrogen-bond acceptors (Lipinski definition) is 3. The Balaban J connectivity index is 2.06. The summed E-state index contributed by atoms with van der Waals surface area (Å²) < 4.78 is 43.4. The number of rotatable bonds is 3. The van der Waals surface area contributed by atoms with Crippen LogP contribution in [0.5, 0.6) is 0 Å². The van der Waals surface area contributed by atoms with Gasteiger partial charge >= 0.3 is 5.97 Å². The Kier molecular flexibility index (Phi) is 3.93. The van der Waals surface area contributed by atoms with Crippen LogP contribution in [0.15, 0.2) is 36.4 Å². The Labute approximate surface area is 112 Å². The molecule has 0 atom stereocenters. The van der Waals surface area contributed by atoms with Crippen molar-refractivity contribution < 1.29 is 22.7 Å². The van der Waals surface area contributed by atoms with Crippen molar-refractivity contribution in [2.45, 2.75) is 6.61 Å². The van der Waals surface area contributed by atoms with Gasteiger partial charge in [0.2, 0.25) is 0 Å². The van der Waals surface area contributed by atoms with Gasteiger partial charge in [-0.1, -0.05) is 6.07 Å². The third kappa shape index (κ3) is 3.09. The standard InChI is InChI=1S/C14H10F3NO2/c15-9-2-3-10(13(18)6-9)14(19)20-7-8-1-4-11(16)12(17)5-8/h1-6H,7,18H2. The summed E-state index contributed by atoms with van der Waals surface area (Å²) >= 11 is 0. The lowest BCUT2D eigenvalue weighted by atomic mass is 10.2. The lowest BCUT2D eigenvalue weighted by Crippen LogP contribution is -2.08. The number of halogens is 3. The van der Waals surface area contributed by atoms with E-state index in [4.69, 9.17) is 10.5 Å². The van der Waals surface area contributed by atoms with Crippen molar-refractivity contribution in [2.24, 2.45) is 0 Å². The fourth-order valence-electron chi connectivity index (χ4n) is 1.58. The van der Waals surface area contributed by atoms with Gasteiger partial charge in [0.25, 0.3) is 0 Å². The fraction of sp³-hybridized carbons (Fsp3) is 0.0714. The Morgan fingerprint density at radius 1 is 1.05 bits per heavy atom. The molecule has 3 nitrogen and oxygen atoms in total. The highest BCUT2D eigenvalue weighted by Crippen LogP contribution is 2.16. The van der Waals surface area contributed by atoms with E-state index in [9.17, 15) is 18.0 Å². The van der Waals surface area contributed by atoms with Crippen LogP contribution in [0.1, 0.15) is 15.9 Å². The molecule has 0 aliphatic rings. The van der Waals surface area contributed by atoms with Crippen molar-refractivity contribution in [2.75, 3.05) is 5.73 Å². The number of carbonyl (C=O) groups is 1. The maximum Gasteiger partial charge on any atom is 0.340 e. The molecule has 6 heteroatoms. The number of esters is 1. The first-order valence-corrected chi connectivity index (χ1v) is 5.63. The molecule has 0 aliphatic heterocycles. The minimum absolute atomic E-state index is 0.00832. The Bertz CT molecular complexity index is 659. The van der Waals surface area contributed by atoms with Crippen LogP contribution in [0.2, 0.25) is 0 Å². The largest absolute Gasteiger partial charge is 0.457 e. The van der Waals surface area contributed by atoms with Gasteiger partial charge < -0.3 is 10.5 Å². The summed E-state index contributed by atoms with van der Waals surface area (Å²) in [4.78, 5) is 11.7. The highest BCUT2D eigenvalue weighted by molar-refractivity contribution is 5.94. The fourth-order valence-corrected chi connectivity index (χ4v) is 1.58. The Hall–Kier alpha value is -2.50. The van der Waals surface area contributed by atoms with Gasteiger partial charge in [0, 0.05) is 5.69 Å². The molecule has 2 N–H and O–H groups in total. The van der Waals surface area contributed by atoms with Crippen molar-refractivity contribution in [1.82, 2.24) is 0 Å². The van der Waals surface area contributed by atoms with Gasteiger partial charge in [-0.25, -0.2) is 18.0 Å². The maximum absolute atomic E-state index is 13.0. The molecule has 0 heterocycles. The molecule has 0 bridgehead atoms. The van der Waals surface area contributed by atoms with E-state index in [0.717, 1.165) is 24.3 Å². The molecule has 2 aromatic rings. The van der Waals surface area contributed by atoms with Crippen LogP contribution < -0.4 is 5.73 Å². The minimum Gasteiger partial charge on any atom is -0.457 e. The minimum atomic E-state index is -1.03. The zero-order chi connectivity index (χ0) is 14.7. The first-order valence-electron chi connectivity index (χ1n) is 5.63. The van der Waals surface area contributed by atoms with Crippen LogP contribution in [-0.4, -0.2) is 5.97 Å². The molecule has 20 heavy (non-hydrogen) atoms. The van der Waals surface area contributed by atoms with Crippen LogP contribution in [0.25, 0.3) is 0 Å². The van der Waals surface area contributed by atoms with Crippen molar-refractivity contribution in [3.8, 4) is 0 Å². The van der Waals surface area contributed by atoms with E-state index in [-0.39, 0.29) is 23.4 Å². The Morgan fingerprint density at radius 2 is 1.80 bits per heavy atom. The molecule has 0 amide bonds. The second-order valence-electron chi connectivity index (χ2n) is 4.06. The number of benzene rings is 2. The van der Waals surface area contributed by atoms with E-state index in [1.54, 1.807) is 0 Å². The summed E-state index contributed by atoms with van der Waals surface area (Å²) in [6, 6.07) is 6.41. The van der Waals surface area contributed by atoms with Crippen LogP contribution >= 0.6 is 0 Å². The molecule has 2 aromatic carbocycles. The summed E-state index contributed by atoms with van der Waals surface area (Å²) in [6.07, 6.45) is 0. The predicted molar refractivity (Wildman–Crippen MR) is 66.3 cm³/mol. The van der Waals surface area contributed by atoms with Crippen molar-refractivity contribution in [3.63, 3.8) is 0 Å². The van der Waals surface area contributed by atoms with Gasteiger partial charge in [0.15, 0.2) is 11.6 Å². The molecule has 0 unspecified atom stereocenters. The monoisotopic (exact) mass is 281 g/mol. The zero-order valence-electron chi connectivity index (χ0n) is 10.2. The SMILES string of the molecule is Nc1cc(F)ccc1C(=O)OCc1ccc(F)c(F)c1. The molecule has 0 fully saturated rings. The molecule has 0 spiro atoms. The summed E-state index contributed by atoms with van der Waals surface area (Å²) in [5.41, 5.74) is 5.73. The van der Waals surface area contributed by atoms with Gasteiger partial charge in [-0.15, -0.1) is 0 Å². The highest BCUT2D eigenvalue weighted by atomic mass is 19.2.